The molecule has 0 aliphatic carbocycles. The van der Waals surface area contributed by atoms with Crippen LogP contribution in [0.25, 0.3) is 11.3 Å². The minimum Gasteiger partial charge on any atom is -0.383 e. The summed E-state index contributed by atoms with van der Waals surface area (Å²) in [4.78, 5) is 0. The molecule has 0 fully saturated rings. The Morgan fingerprint density at radius 2 is 2.13 bits per heavy atom. The number of aromatic nitrogens is 2. The molecule has 78 valence electrons. The van der Waals surface area contributed by atoms with Gasteiger partial charge in [-0.05, 0) is 28.9 Å². The van der Waals surface area contributed by atoms with Crippen LogP contribution in [0.1, 0.15) is 5.56 Å². The van der Waals surface area contributed by atoms with Crippen LogP contribution < -0.4 is 5.73 Å². The van der Waals surface area contributed by atoms with Gasteiger partial charge in [0.05, 0.1) is 4.47 Å². The number of benzene rings is 1. The quantitative estimate of drug-likeness (QED) is 0.862. The Bertz CT molecular complexity index is 503. The van der Waals surface area contributed by atoms with Crippen LogP contribution in [0.3, 0.4) is 0 Å². The Kier molecular flexibility index (Phi) is 2.52. The molecule has 2 N–H and O–H groups in total. The molecule has 0 atom stereocenters. The third kappa shape index (κ3) is 1.77. The maximum Gasteiger partial charge on any atom is 0.136 e. The third-order valence-corrected chi connectivity index (χ3v) is 3.10. The normalized spacial score (nSPS) is 10.6. The van der Waals surface area contributed by atoms with Gasteiger partial charge in [0.25, 0.3) is 0 Å². The first-order valence-corrected chi connectivity index (χ1v) is 5.44. The first-order valence-electron chi connectivity index (χ1n) is 4.64. The minimum atomic E-state index is 0.645. The first-order chi connectivity index (χ1) is 7.09. The zero-order valence-corrected chi connectivity index (χ0v) is 10.2. The summed E-state index contributed by atoms with van der Waals surface area (Å²) >= 11 is 3.45. The molecule has 1 aromatic carbocycles. The number of hydrogen-bond donors (Lipinski definition) is 1. The molecule has 0 aliphatic rings. The van der Waals surface area contributed by atoms with Crippen LogP contribution >= 0.6 is 15.9 Å². The van der Waals surface area contributed by atoms with Crippen LogP contribution in [-0.2, 0) is 7.05 Å². The summed E-state index contributed by atoms with van der Waals surface area (Å²) in [5.74, 6) is 0.645. The summed E-state index contributed by atoms with van der Waals surface area (Å²) in [6.45, 7) is 2.06. The lowest BCUT2D eigenvalue weighted by Crippen LogP contribution is -1.97. The van der Waals surface area contributed by atoms with Crippen molar-refractivity contribution in [3.8, 4) is 11.3 Å². The average Bonchev–Trinajstić information content (AvgIpc) is 2.46. The van der Waals surface area contributed by atoms with Gasteiger partial charge < -0.3 is 5.73 Å². The highest BCUT2D eigenvalue weighted by molar-refractivity contribution is 9.10. The SMILES string of the molecule is Cc1cccc(-c2nn(C)c(N)c2Br)c1. The lowest BCUT2D eigenvalue weighted by atomic mass is 10.1. The summed E-state index contributed by atoms with van der Waals surface area (Å²) in [6.07, 6.45) is 0. The topological polar surface area (TPSA) is 43.8 Å². The van der Waals surface area contributed by atoms with Crippen LogP contribution in [0.4, 0.5) is 5.82 Å². The Labute approximate surface area is 97.0 Å². The van der Waals surface area contributed by atoms with E-state index in [1.807, 2.05) is 19.2 Å². The second-order valence-electron chi connectivity index (χ2n) is 3.54. The van der Waals surface area contributed by atoms with Crippen LogP contribution in [0.5, 0.6) is 0 Å². The molecule has 0 spiro atoms. The second-order valence-corrected chi connectivity index (χ2v) is 4.33. The second kappa shape index (κ2) is 3.70. The van der Waals surface area contributed by atoms with Crippen molar-refractivity contribution in [2.24, 2.45) is 7.05 Å². The molecule has 0 bridgehead atoms. The van der Waals surface area contributed by atoms with E-state index in [4.69, 9.17) is 5.73 Å². The van der Waals surface area contributed by atoms with E-state index >= 15 is 0 Å². The predicted molar refractivity (Wildman–Crippen MR) is 65.5 cm³/mol. The zero-order chi connectivity index (χ0) is 11.0. The number of hydrogen-bond acceptors (Lipinski definition) is 2. The van der Waals surface area contributed by atoms with Crippen molar-refractivity contribution < 1.29 is 0 Å². The van der Waals surface area contributed by atoms with Crippen molar-refractivity contribution in [3.63, 3.8) is 0 Å². The zero-order valence-electron chi connectivity index (χ0n) is 8.66. The van der Waals surface area contributed by atoms with Crippen LogP contribution in [0, 0.1) is 6.92 Å². The number of nitrogens with zero attached hydrogens (tertiary/aromatic N) is 2. The van der Waals surface area contributed by atoms with Crippen LogP contribution in [-0.4, -0.2) is 9.78 Å². The molecule has 2 rings (SSSR count). The van der Waals surface area contributed by atoms with Gasteiger partial charge in [-0.25, -0.2) is 0 Å². The highest BCUT2D eigenvalue weighted by atomic mass is 79.9. The van der Waals surface area contributed by atoms with Gasteiger partial charge >= 0.3 is 0 Å². The van der Waals surface area contributed by atoms with Crippen LogP contribution in [0.2, 0.25) is 0 Å². The minimum absolute atomic E-state index is 0.645. The smallest absolute Gasteiger partial charge is 0.136 e. The number of nitrogen functional groups attached to an aromatic ring is 1. The highest BCUT2D eigenvalue weighted by Crippen LogP contribution is 2.31. The van der Waals surface area contributed by atoms with Gasteiger partial charge in [0.1, 0.15) is 11.5 Å². The van der Waals surface area contributed by atoms with Crippen molar-refractivity contribution in [3.05, 3.63) is 34.3 Å². The number of rotatable bonds is 1. The molecule has 0 amide bonds. The Morgan fingerprint density at radius 1 is 1.40 bits per heavy atom. The molecule has 0 unspecified atom stereocenters. The van der Waals surface area contributed by atoms with E-state index in [-0.39, 0.29) is 0 Å². The average molecular weight is 266 g/mol. The summed E-state index contributed by atoms with van der Waals surface area (Å²) in [5, 5.41) is 4.37. The van der Waals surface area contributed by atoms with Crippen molar-refractivity contribution >= 4 is 21.7 Å². The molecule has 15 heavy (non-hydrogen) atoms. The van der Waals surface area contributed by atoms with E-state index < -0.39 is 0 Å². The maximum absolute atomic E-state index is 5.83. The fraction of sp³-hybridized carbons (Fsp3) is 0.182. The largest absolute Gasteiger partial charge is 0.383 e. The van der Waals surface area contributed by atoms with E-state index in [2.05, 4.69) is 40.1 Å². The van der Waals surface area contributed by atoms with Gasteiger partial charge in [-0.1, -0.05) is 23.8 Å². The van der Waals surface area contributed by atoms with Gasteiger partial charge in [-0.15, -0.1) is 0 Å². The third-order valence-electron chi connectivity index (χ3n) is 2.32. The summed E-state index contributed by atoms with van der Waals surface area (Å²) < 4.78 is 2.53. The maximum atomic E-state index is 5.83. The molecule has 1 aromatic heterocycles. The van der Waals surface area contributed by atoms with E-state index in [0.717, 1.165) is 15.7 Å². The number of halogens is 1. The lowest BCUT2D eigenvalue weighted by molar-refractivity contribution is 0.782. The highest BCUT2D eigenvalue weighted by Gasteiger charge is 2.12. The molecule has 0 aliphatic heterocycles. The van der Waals surface area contributed by atoms with E-state index in [9.17, 15) is 0 Å². The Morgan fingerprint density at radius 3 is 2.67 bits per heavy atom. The molecule has 0 saturated carbocycles. The number of nitrogens with two attached hydrogens (primary N) is 1. The number of anilines is 1. The first kappa shape index (κ1) is 10.2. The molecule has 4 heteroatoms. The van der Waals surface area contributed by atoms with E-state index in [0.29, 0.717) is 5.82 Å². The monoisotopic (exact) mass is 265 g/mol. The number of aryl methyl sites for hydroxylation is 2. The fourth-order valence-electron chi connectivity index (χ4n) is 1.49. The van der Waals surface area contributed by atoms with Crippen LogP contribution in [0.15, 0.2) is 28.7 Å². The van der Waals surface area contributed by atoms with E-state index in [1.165, 1.54) is 5.56 Å². The Hall–Kier alpha value is -1.29. The van der Waals surface area contributed by atoms with Gasteiger partial charge in [0.15, 0.2) is 0 Å². The van der Waals surface area contributed by atoms with E-state index in [1.54, 1.807) is 4.68 Å². The molecular formula is C11H12BrN3. The van der Waals surface area contributed by atoms with Crippen molar-refractivity contribution in [2.75, 3.05) is 5.73 Å². The van der Waals surface area contributed by atoms with Gasteiger partial charge in [0, 0.05) is 12.6 Å². The lowest BCUT2D eigenvalue weighted by Gasteiger charge is -1.98. The van der Waals surface area contributed by atoms with Gasteiger partial charge in [0.2, 0.25) is 0 Å². The molecule has 2 aromatic rings. The van der Waals surface area contributed by atoms with Crippen molar-refractivity contribution in [1.82, 2.24) is 9.78 Å². The molecule has 3 nitrogen and oxygen atoms in total. The molecule has 0 radical (unpaired) electrons. The fourth-order valence-corrected chi connectivity index (χ4v) is 2.05. The standard InChI is InChI=1S/C11H12BrN3/c1-7-4-3-5-8(6-7)10-9(12)11(13)15(2)14-10/h3-6H,13H2,1-2H3. The summed E-state index contributed by atoms with van der Waals surface area (Å²) in [6, 6.07) is 8.19. The predicted octanol–water partition coefficient (Wildman–Crippen LogP) is 2.74. The van der Waals surface area contributed by atoms with Gasteiger partial charge in [-0.3, -0.25) is 4.68 Å². The summed E-state index contributed by atoms with van der Waals surface area (Å²) in [7, 11) is 1.83. The molecule has 0 saturated heterocycles. The van der Waals surface area contributed by atoms with Crippen molar-refractivity contribution in [1.29, 1.82) is 0 Å². The van der Waals surface area contributed by atoms with Crippen molar-refractivity contribution in [2.45, 2.75) is 6.92 Å². The molecule has 1 heterocycles. The summed E-state index contributed by atoms with van der Waals surface area (Å²) in [5.41, 5.74) is 9.01. The molecular weight excluding hydrogens is 254 g/mol. The van der Waals surface area contributed by atoms with Gasteiger partial charge in [-0.2, -0.15) is 5.10 Å². The Balaban J connectivity index is 2.59.